The maximum Gasteiger partial charge on any atom is 0.229 e. The Morgan fingerprint density at radius 1 is 1.22 bits per heavy atom. The van der Waals surface area contributed by atoms with Crippen LogP contribution in [0.4, 0.5) is 0 Å². The van der Waals surface area contributed by atoms with Crippen molar-refractivity contribution in [1.82, 2.24) is 0 Å². The van der Waals surface area contributed by atoms with E-state index in [9.17, 15) is 20.4 Å². The zero-order chi connectivity index (χ0) is 17.2. The molecule has 0 bridgehead atoms. The highest BCUT2D eigenvalue weighted by atomic mass is 16.7. The fourth-order valence-corrected chi connectivity index (χ4v) is 2.39. The lowest BCUT2D eigenvalue weighted by molar-refractivity contribution is -0.277. The van der Waals surface area contributed by atoms with Gasteiger partial charge < -0.3 is 29.9 Å². The second-order valence-corrected chi connectivity index (χ2v) is 6.27. The lowest BCUT2D eigenvalue weighted by Gasteiger charge is -2.39. The van der Waals surface area contributed by atoms with Gasteiger partial charge in [-0.1, -0.05) is 32.1 Å². The number of aliphatic hydroxyl groups excluding tert-OH is 4. The summed E-state index contributed by atoms with van der Waals surface area (Å²) in [5.74, 6) is 0.446. The Balaban J connectivity index is 2.18. The Bertz CT molecular complexity index is 542. The first-order valence-electron chi connectivity index (χ1n) is 7.51. The number of hydrogen-bond acceptors (Lipinski definition) is 6. The molecule has 1 saturated heterocycles. The molecule has 0 amide bonds. The second kappa shape index (κ2) is 6.98. The fourth-order valence-electron chi connectivity index (χ4n) is 2.39. The molecule has 0 saturated carbocycles. The minimum absolute atomic E-state index is 0.255. The van der Waals surface area contributed by atoms with Crippen LogP contribution < -0.4 is 4.74 Å². The number of aliphatic hydroxyl groups is 4. The largest absolute Gasteiger partial charge is 0.462 e. The van der Waals surface area contributed by atoms with Gasteiger partial charge in [0.15, 0.2) is 0 Å². The van der Waals surface area contributed by atoms with Crippen molar-refractivity contribution < 1.29 is 29.9 Å². The molecule has 23 heavy (non-hydrogen) atoms. The molecule has 0 aliphatic carbocycles. The maximum absolute atomic E-state index is 10.0. The second-order valence-electron chi connectivity index (χ2n) is 6.27. The van der Waals surface area contributed by atoms with Crippen LogP contribution in [0.15, 0.2) is 36.9 Å². The number of rotatable bonds is 5. The summed E-state index contributed by atoms with van der Waals surface area (Å²) in [7, 11) is 0. The summed E-state index contributed by atoms with van der Waals surface area (Å²) in [4.78, 5) is 0. The number of benzene rings is 1. The van der Waals surface area contributed by atoms with Crippen molar-refractivity contribution in [3.8, 4) is 5.75 Å². The van der Waals surface area contributed by atoms with Gasteiger partial charge in [0, 0.05) is 5.41 Å². The summed E-state index contributed by atoms with van der Waals surface area (Å²) >= 11 is 0. The van der Waals surface area contributed by atoms with E-state index in [0.29, 0.717) is 5.75 Å². The van der Waals surface area contributed by atoms with E-state index in [4.69, 9.17) is 9.47 Å². The first-order valence-corrected chi connectivity index (χ1v) is 7.51. The van der Waals surface area contributed by atoms with Crippen LogP contribution in [0.5, 0.6) is 5.75 Å². The summed E-state index contributed by atoms with van der Waals surface area (Å²) in [6.45, 7) is 7.33. The van der Waals surface area contributed by atoms with E-state index < -0.39 is 37.3 Å². The lowest BCUT2D eigenvalue weighted by Crippen LogP contribution is -2.60. The van der Waals surface area contributed by atoms with E-state index in [2.05, 4.69) is 6.58 Å². The van der Waals surface area contributed by atoms with Crippen molar-refractivity contribution in [2.45, 2.75) is 50.0 Å². The standard InChI is InChI=1S/C17H24O6/c1-4-17(2,3)10-6-5-7-11(8-10)22-16-15(21)14(20)13(19)12(9-18)23-16/h4-8,12-16,18-21H,1,9H2,2-3H3/t12-,13-,14+,15-,16-/m1/s1. The third-order valence-electron chi connectivity index (χ3n) is 4.19. The predicted molar refractivity (Wildman–Crippen MR) is 84.1 cm³/mol. The van der Waals surface area contributed by atoms with Gasteiger partial charge in [-0.3, -0.25) is 0 Å². The zero-order valence-corrected chi connectivity index (χ0v) is 13.3. The van der Waals surface area contributed by atoms with Crippen LogP contribution in [0.25, 0.3) is 0 Å². The van der Waals surface area contributed by atoms with Gasteiger partial charge in [0.1, 0.15) is 30.2 Å². The van der Waals surface area contributed by atoms with Crippen molar-refractivity contribution in [2.75, 3.05) is 6.61 Å². The summed E-state index contributed by atoms with van der Waals surface area (Å²) in [5.41, 5.74) is 0.712. The highest BCUT2D eigenvalue weighted by Crippen LogP contribution is 2.29. The van der Waals surface area contributed by atoms with Gasteiger partial charge in [0.2, 0.25) is 6.29 Å². The SMILES string of the molecule is C=CC(C)(C)c1cccc(O[C@@H]2O[C@H](CO)[C@@H](O)[C@H](O)[C@H]2O)c1. The monoisotopic (exact) mass is 324 g/mol. The van der Waals surface area contributed by atoms with Crippen LogP contribution in [-0.4, -0.2) is 57.7 Å². The average molecular weight is 324 g/mol. The van der Waals surface area contributed by atoms with Gasteiger partial charge in [-0.25, -0.2) is 0 Å². The van der Waals surface area contributed by atoms with Crippen molar-refractivity contribution in [3.05, 3.63) is 42.5 Å². The smallest absolute Gasteiger partial charge is 0.229 e. The minimum Gasteiger partial charge on any atom is -0.462 e. The van der Waals surface area contributed by atoms with Crippen LogP contribution in [0.2, 0.25) is 0 Å². The third kappa shape index (κ3) is 3.73. The zero-order valence-electron chi connectivity index (χ0n) is 13.3. The topological polar surface area (TPSA) is 99.4 Å². The molecule has 0 unspecified atom stereocenters. The Morgan fingerprint density at radius 2 is 1.91 bits per heavy atom. The van der Waals surface area contributed by atoms with Gasteiger partial charge in [-0.2, -0.15) is 0 Å². The molecule has 128 valence electrons. The van der Waals surface area contributed by atoms with E-state index in [0.717, 1.165) is 5.56 Å². The van der Waals surface area contributed by atoms with E-state index in [1.54, 1.807) is 18.2 Å². The minimum atomic E-state index is -1.46. The molecule has 1 heterocycles. The van der Waals surface area contributed by atoms with E-state index in [-0.39, 0.29) is 5.41 Å². The normalized spacial score (nSPS) is 31.7. The molecule has 1 aromatic carbocycles. The maximum atomic E-state index is 10.0. The molecule has 1 aliphatic rings. The molecule has 6 heteroatoms. The lowest BCUT2D eigenvalue weighted by atomic mass is 9.85. The fraction of sp³-hybridized carbons (Fsp3) is 0.529. The van der Waals surface area contributed by atoms with Crippen LogP contribution in [0.1, 0.15) is 19.4 Å². The molecule has 6 nitrogen and oxygen atoms in total. The van der Waals surface area contributed by atoms with Gasteiger partial charge in [-0.15, -0.1) is 6.58 Å². The Morgan fingerprint density at radius 3 is 2.52 bits per heavy atom. The Labute approximate surface area is 135 Å². The third-order valence-corrected chi connectivity index (χ3v) is 4.19. The van der Waals surface area contributed by atoms with E-state index in [1.807, 2.05) is 26.0 Å². The average Bonchev–Trinajstić information content (AvgIpc) is 2.55. The van der Waals surface area contributed by atoms with E-state index >= 15 is 0 Å². The van der Waals surface area contributed by atoms with E-state index in [1.165, 1.54) is 0 Å². The van der Waals surface area contributed by atoms with Gasteiger partial charge in [0.25, 0.3) is 0 Å². The van der Waals surface area contributed by atoms with Crippen molar-refractivity contribution >= 4 is 0 Å². The molecule has 2 rings (SSSR count). The molecular weight excluding hydrogens is 300 g/mol. The van der Waals surface area contributed by atoms with Crippen LogP contribution in [0, 0.1) is 0 Å². The summed E-state index contributed by atoms with van der Waals surface area (Å²) in [6, 6.07) is 7.23. The number of ether oxygens (including phenoxy) is 2. The van der Waals surface area contributed by atoms with Crippen molar-refractivity contribution in [1.29, 1.82) is 0 Å². The number of allylic oxidation sites excluding steroid dienone is 1. The highest BCUT2D eigenvalue weighted by Gasteiger charge is 2.44. The van der Waals surface area contributed by atoms with Gasteiger partial charge in [0.05, 0.1) is 6.61 Å². The molecular formula is C17H24O6. The Hall–Kier alpha value is -1.44. The molecule has 4 N–H and O–H groups in total. The van der Waals surface area contributed by atoms with Gasteiger partial charge in [-0.05, 0) is 17.7 Å². The molecule has 1 aromatic rings. The molecule has 1 aliphatic heterocycles. The Kier molecular flexibility index (Phi) is 5.44. The predicted octanol–water partition coefficient (Wildman–Crippen LogP) is 0.329. The summed E-state index contributed by atoms with van der Waals surface area (Å²) in [5, 5.41) is 38.7. The van der Waals surface area contributed by atoms with Crippen LogP contribution in [0.3, 0.4) is 0 Å². The number of hydrogen-bond donors (Lipinski definition) is 4. The molecule has 0 radical (unpaired) electrons. The molecule has 5 atom stereocenters. The molecule has 1 fully saturated rings. The molecule has 0 aromatic heterocycles. The summed E-state index contributed by atoms with van der Waals surface area (Å²) in [6.07, 6.45) is -4.65. The van der Waals surface area contributed by atoms with Crippen molar-refractivity contribution in [2.24, 2.45) is 0 Å². The van der Waals surface area contributed by atoms with Crippen molar-refractivity contribution in [3.63, 3.8) is 0 Å². The first kappa shape index (κ1) is 17.9. The quantitative estimate of drug-likeness (QED) is 0.583. The van der Waals surface area contributed by atoms with Crippen LogP contribution in [-0.2, 0) is 10.2 Å². The van der Waals surface area contributed by atoms with Crippen LogP contribution >= 0.6 is 0 Å². The first-order chi connectivity index (χ1) is 10.8. The highest BCUT2D eigenvalue weighted by molar-refractivity contribution is 5.35. The van der Waals surface area contributed by atoms with Gasteiger partial charge >= 0.3 is 0 Å². The molecule has 0 spiro atoms. The summed E-state index contributed by atoms with van der Waals surface area (Å²) < 4.78 is 10.9.